The molecule has 6 heteroatoms. The smallest absolute Gasteiger partial charge is 0.176 e. The van der Waals surface area contributed by atoms with E-state index in [4.69, 9.17) is 4.74 Å². The van der Waals surface area contributed by atoms with Gasteiger partial charge in [0.05, 0.1) is 15.9 Å². The van der Waals surface area contributed by atoms with Crippen LogP contribution in [-0.4, -0.2) is 24.6 Å². The van der Waals surface area contributed by atoms with E-state index in [1.54, 1.807) is 12.1 Å². The van der Waals surface area contributed by atoms with E-state index in [9.17, 15) is 8.42 Å². The summed E-state index contributed by atoms with van der Waals surface area (Å²) in [6, 6.07) is 18.8. The van der Waals surface area contributed by atoms with Crippen molar-refractivity contribution in [2.24, 2.45) is 0 Å². The molecule has 29 heavy (non-hydrogen) atoms. The second kappa shape index (κ2) is 7.37. The second-order valence-corrected chi connectivity index (χ2v) is 9.23. The average molecular weight is 407 g/mol. The highest BCUT2D eigenvalue weighted by atomic mass is 32.2. The summed E-state index contributed by atoms with van der Waals surface area (Å²) in [6.07, 6.45) is 1.22. The number of hydrogen-bond acceptors (Lipinski definition) is 4. The SMILES string of the molecule is Cc1ccc(OCc2nc3cc(-c4ccccc4S(C)(=O)=O)ccc3[nH]2)c(C)c1. The fourth-order valence-corrected chi connectivity index (χ4v) is 4.34. The van der Waals surface area contributed by atoms with Crippen molar-refractivity contribution in [1.82, 2.24) is 9.97 Å². The van der Waals surface area contributed by atoms with E-state index in [1.165, 1.54) is 11.8 Å². The molecule has 0 aliphatic rings. The largest absolute Gasteiger partial charge is 0.485 e. The third-order valence-electron chi connectivity index (χ3n) is 4.82. The average Bonchev–Trinajstić information content (AvgIpc) is 3.08. The van der Waals surface area contributed by atoms with Gasteiger partial charge >= 0.3 is 0 Å². The number of aromatic amines is 1. The van der Waals surface area contributed by atoms with Gasteiger partial charge in [-0.1, -0.05) is 42.0 Å². The molecule has 1 N–H and O–H groups in total. The molecule has 5 nitrogen and oxygen atoms in total. The lowest BCUT2D eigenvalue weighted by Crippen LogP contribution is -1.99. The number of sulfone groups is 1. The monoisotopic (exact) mass is 406 g/mol. The van der Waals surface area contributed by atoms with Gasteiger partial charge in [0.15, 0.2) is 9.84 Å². The number of aromatic nitrogens is 2. The van der Waals surface area contributed by atoms with E-state index in [0.29, 0.717) is 22.9 Å². The van der Waals surface area contributed by atoms with Gasteiger partial charge in [0, 0.05) is 11.8 Å². The van der Waals surface area contributed by atoms with Crippen LogP contribution in [0.25, 0.3) is 22.2 Å². The Morgan fingerprint density at radius 3 is 2.55 bits per heavy atom. The first kappa shape index (κ1) is 19.2. The maximum absolute atomic E-state index is 12.1. The van der Waals surface area contributed by atoms with Crippen LogP contribution in [0.5, 0.6) is 5.75 Å². The summed E-state index contributed by atoms with van der Waals surface area (Å²) in [6.45, 7) is 4.40. The molecule has 1 heterocycles. The van der Waals surface area contributed by atoms with Gasteiger partial charge < -0.3 is 9.72 Å². The molecule has 0 bridgehead atoms. The molecule has 0 aliphatic carbocycles. The van der Waals surface area contributed by atoms with Gasteiger partial charge in [0.1, 0.15) is 18.2 Å². The highest BCUT2D eigenvalue weighted by Gasteiger charge is 2.15. The van der Waals surface area contributed by atoms with Gasteiger partial charge in [0.2, 0.25) is 0 Å². The minimum Gasteiger partial charge on any atom is -0.485 e. The van der Waals surface area contributed by atoms with Gasteiger partial charge in [-0.3, -0.25) is 0 Å². The Morgan fingerprint density at radius 1 is 1.00 bits per heavy atom. The molecule has 0 saturated heterocycles. The lowest BCUT2D eigenvalue weighted by Gasteiger charge is -2.08. The molecule has 0 aliphatic heterocycles. The van der Waals surface area contributed by atoms with Crippen LogP contribution in [-0.2, 0) is 16.4 Å². The van der Waals surface area contributed by atoms with Crippen LogP contribution in [0.3, 0.4) is 0 Å². The third kappa shape index (κ3) is 4.03. The number of rotatable bonds is 5. The van der Waals surface area contributed by atoms with Crippen molar-refractivity contribution in [2.45, 2.75) is 25.3 Å². The number of aryl methyl sites for hydroxylation is 2. The second-order valence-electron chi connectivity index (χ2n) is 7.24. The van der Waals surface area contributed by atoms with E-state index in [1.807, 2.05) is 49.4 Å². The number of nitrogens with zero attached hydrogens (tertiary/aromatic N) is 1. The number of nitrogens with one attached hydrogen (secondary N) is 1. The molecule has 0 unspecified atom stereocenters. The molecule has 4 rings (SSSR count). The maximum Gasteiger partial charge on any atom is 0.176 e. The van der Waals surface area contributed by atoms with Crippen molar-refractivity contribution in [3.05, 3.63) is 77.6 Å². The van der Waals surface area contributed by atoms with Crippen molar-refractivity contribution in [2.75, 3.05) is 6.26 Å². The minimum absolute atomic E-state index is 0.313. The molecule has 0 atom stereocenters. The number of H-pyrrole nitrogens is 1. The Bertz CT molecular complexity index is 1310. The van der Waals surface area contributed by atoms with E-state index in [-0.39, 0.29) is 0 Å². The summed E-state index contributed by atoms with van der Waals surface area (Å²) in [5, 5.41) is 0. The first-order chi connectivity index (χ1) is 13.8. The first-order valence-corrected chi connectivity index (χ1v) is 11.2. The predicted molar refractivity (Wildman–Crippen MR) is 115 cm³/mol. The fraction of sp³-hybridized carbons (Fsp3) is 0.174. The lowest BCUT2D eigenvalue weighted by molar-refractivity contribution is 0.295. The molecule has 0 spiro atoms. The van der Waals surface area contributed by atoms with Gasteiger partial charge in [-0.15, -0.1) is 0 Å². The van der Waals surface area contributed by atoms with Crippen molar-refractivity contribution in [1.29, 1.82) is 0 Å². The number of hydrogen-bond donors (Lipinski definition) is 1. The minimum atomic E-state index is -3.32. The van der Waals surface area contributed by atoms with Gasteiger partial charge in [-0.2, -0.15) is 0 Å². The molecular weight excluding hydrogens is 384 g/mol. The highest BCUT2D eigenvalue weighted by molar-refractivity contribution is 7.90. The van der Waals surface area contributed by atoms with Crippen LogP contribution in [0.1, 0.15) is 17.0 Å². The van der Waals surface area contributed by atoms with E-state index in [2.05, 4.69) is 23.0 Å². The number of benzene rings is 3. The van der Waals surface area contributed by atoms with E-state index < -0.39 is 9.84 Å². The summed E-state index contributed by atoms with van der Waals surface area (Å²) in [5.74, 6) is 1.55. The molecule has 148 valence electrons. The Kier molecular flexibility index (Phi) is 4.88. The zero-order chi connectivity index (χ0) is 20.6. The molecule has 0 amide bonds. The maximum atomic E-state index is 12.1. The molecule has 0 fully saturated rings. The first-order valence-electron chi connectivity index (χ1n) is 9.29. The molecule has 0 saturated carbocycles. The van der Waals surface area contributed by atoms with Crippen molar-refractivity contribution < 1.29 is 13.2 Å². The summed E-state index contributed by atoms with van der Waals surface area (Å²) in [7, 11) is -3.32. The third-order valence-corrected chi connectivity index (χ3v) is 5.98. The van der Waals surface area contributed by atoms with E-state index in [0.717, 1.165) is 27.9 Å². The Balaban J connectivity index is 1.64. The molecule has 0 radical (unpaired) electrons. The van der Waals surface area contributed by atoms with E-state index >= 15 is 0 Å². The van der Waals surface area contributed by atoms with Crippen LogP contribution < -0.4 is 4.74 Å². The number of fused-ring (bicyclic) bond motifs is 1. The Labute approximate surface area is 170 Å². The molecular formula is C23H22N2O3S. The van der Waals surface area contributed by atoms with Crippen LogP contribution in [0.4, 0.5) is 0 Å². The summed E-state index contributed by atoms with van der Waals surface area (Å²) in [5.41, 5.74) is 5.41. The zero-order valence-electron chi connectivity index (χ0n) is 16.6. The lowest BCUT2D eigenvalue weighted by atomic mass is 10.1. The highest BCUT2D eigenvalue weighted by Crippen LogP contribution is 2.29. The zero-order valence-corrected chi connectivity index (χ0v) is 17.4. The molecule has 3 aromatic carbocycles. The normalized spacial score (nSPS) is 11.7. The molecule has 1 aromatic heterocycles. The summed E-state index contributed by atoms with van der Waals surface area (Å²) < 4.78 is 30.2. The quantitative estimate of drug-likeness (QED) is 0.515. The van der Waals surface area contributed by atoms with Crippen molar-refractivity contribution >= 4 is 20.9 Å². The molecule has 4 aromatic rings. The predicted octanol–water partition coefficient (Wildman–Crippen LogP) is 4.83. The fourth-order valence-electron chi connectivity index (χ4n) is 3.43. The van der Waals surface area contributed by atoms with Crippen molar-refractivity contribution in [3.8, 4) is 16.9 Å². The Morgan fingerprint density at radius 2 is 1.79 bits per heavy atom. The van der Waals surface area contributed by atoms with Gasteiger partial charge in [-0.05, 0) is 49.2 Å². The van der Waals surface area contributed by atoms with Gasteiger partial charge in [-0.25, -0.2) is 13.4 Å². The van der Waals surface area contributed by atoms with Crippen LogP contribution in [0.15, 0.2) is 65.6 Å². The number of imidazole rings is 1. The van der Waals surface area contributed by atoms with Crippen molar-refractivity contribution in [3.63, 3.8) is 0 Å². The summed E-state index contributed by atoms with van der Waals surface area (Å²) in [4.78, 5) is 8.20. The van der Waals surface area contributed by atoms with Crippen LogP contribution >= 0.6 is 0 Å². The summed E-state index contributed by atoms with van der Waals surface area (Å²) >= 11 is 0. The van der Waals surface area contributed by atoms with Crippen LogP contribution in [0, 0.1) is 13.8 Å². The van der Waals surface area contributed by atoms with Gasteiger partial charge in [0.25, 0.3) is 0 Å². The number of ether oxygens (including phenoxy) is 1. The van der Waals surface area contributed by atoms with Crippen LogP contribution in [0.2, 0.25) is 0 Å². The standard InChI is InChI=1S/C23H22N2O3S/c1-15-8-11-21(16(2)12-15)28-14-23-24-19-10-9-17(13-20(19)25-23)18-6-4-5-7-22(18)29(3,26)27/h4-13H,14H2,1-3H3,(H,24,25). The Hall–Kier alpha value is -3.12. The topological polar surface area (TPSA) is 72.0 Å².